The number of hydrogen-bond acceptors (Lipinski definition) is 4. The quantitative estimate of drug-likeness (QED) is 0.794. The van der Waals surface area contributed by atoms with Crippen LogP contribution in [0.1, 0.15) is 5.56 Å². The summed E-state index contributed by atoms with van der Waals surface area (Å²) in [7, 11) is 0. The molecule has 2 aromatic rings. The number of rotatable bonds is 3. The van der Waals surface area contributed by atoms with Gasteiger partial charge < -0.3 is 20.1 Å². The molecule has 0 radical (unpaired) electrons. The van der Waals surface area contributed by atoms with Crippen molar-refractivity contribution in [2.24, 2.45) is 0 Å². The summed E-state index contributed by atoms with van der Waals surface area (Å²) < 4.78 is 10.9. The summed E-state index contributed by atoms with van der Waals surface area (Å²) >= 11 is 6.00. The van der Waals surface area contributed by atoms with Gasteiger partial charge in [0.15, 0.2) is 6.61 Å². The zero-order chi connectivity index (χ0) is 18.8. The molecular formula is C20H15ClN2O4. The molecule has 6 nitrogen and oxygen atoms in total. The third-order valence-electron chi connectivity index (χ3n) is 4.04. The van der Waals surface area contributed by atoms with Gasteiger partial charge in [-0.15, -0.1) is 0 Å². The number of ether oxygens (including phenoxy) is 2. The molecule has 7 heteroatoms. The lowest BCUT2D eigenvalue weighted by Crippen LogP contribution is -2.25. The highest BCUT2D eigenvalue weighted by Gasteiger charge is 2.16. The van der Waals surface area contributed by atoms with Gasteiger partial charge in [-0.3, -0.25) is 9.59 Å². The van der Waals surface area contributed by atoms with E-state index in [2.05, 4.69) is 10.6 Å². The Kier molecular flexibility index (Phi) is 4.56. The van der Waals surface area contributed by atoms with Gasteiger partial charge in [-0.1, -0.05) is 17.7 Å². The number of amides is 2. The monoisotopic (exact) mass is 382 g/mol. The van der Waals surface area contributed by atoms with Crippen LogP contribution in [0.4, 0.5) is 11.4 Å². The predicted molar refractivity (Wildman–Crippen MR) is 103 cm³/mol. The molecule has 0 aromatic heterocycles. The molecule has 4 rings (SSSR count). The Morgan fingerprint density at radius 3 is 2.81 bits per heavy atom. The predicted octanol–water partition coefficient (Wildman–Crippen LogP) is 3.64. The highest BCUT2D eigenvalue weighted by Crippen LogP contribution is 2.31. The van der Waals surface area contributed by atoms with Crippen LogP contribution in [0.25, 0.3) is 6.08 Å². The number of anilines is 2. The molecule has 0 saturated carbocycles. The molecule has 2 aromatic carbocycles. The molecule has 2 aliphatic heterocycles. The van der Waals surface area contributed by atoms with Crippen LogP contribution in [0.15, 0.2) is 54.1 Å². The van der Waals surface area contributed by atoms with Gasteiger partial charge in [-0.05, 0) is 48.0 Å². The van der Waals surface area contributed by atoms with Crippen LogP contribution in [0.5, 0.6) is 11.5 Å². The number of carbonyl (C=O) groups excluding carboxylic acids is 2. The first-order valence-electron chi connectivity index (χ1n) is 8.25. The Labute approximate surface area is 160 Å². The molecule has 2 amide bonds. The SMILES string of the molecule is O=C(/C=C/C1=Cc2cc(Cl)ccc2OC1)Nc1ccc2c(c1)NC(=O)CO2. The summed E-state index contributed by atoms with van der Waals surface area (Å²) in [6, 6.07) is 10.5. The smallest absolute Gasteiger partial charge is 0.262 e. The summed E-state index contributed by atoms with van der Waals surface area (Å²) in [6.45, 7) is 0.369. The minimum absolute atomic E-state index is 0.00698. The Morgan fingerprint density at radius 2 is 1.93 bits per heavy atom. The van der Waals surface area contributed by atoms with Crippen molar-refractivity contribution in [2.75, 3.05) is 23.8 Å². The van der Waals surface area contributed by atoms with E-state index in [0.717, 1.165) is 16.9 Å². The molecule has 0 fully saturated rings. The van der Waals surface area contributed by atoms with Crippen LogP contribution in [0.2, 0.25) is 5.02 Å². The summed E-state index contributed by atoms with van der Waals surface area (Å²) in [5.74, 6) is 0.815. The van der Waals surface area contributed by atoms with E-state index in [1.807, 2.05) is 18.2 Å². The number of nitrogens with one attached hydrogen (secondary N) is 2. The molecule has 0 spiro atoms. The van der Waals surface area contributed by atoms with Crippen molar-refractivity contribution in [1.82, 2.24) is 0 Å². The number of fused-ring (bicyclic) bond motifs is 2. The van der Waals surface area contributed by atoms with Gasteiger partial charge in [0, 0.05) is 22.3 Å². The second kappa shape index (κ2) is 7.17. The van der Waals surface area contributed by atoms with Crippen molar-refractivity contribution in [3.63, 3.8) is 0 Å². The fourth-order valence-corrected chi connectivity index (χ4v) is 2.97. The molecule has 2 aliphatic rings. The van der Waals surface area contributed by atoms with Gasteiger partial charge in [0.25, 0.3) is 5.91 Å². The van der Waals surface area contributed by atoms with Gasteiger partial charge in [-0.25, -0.2) is 0 Å². The maximum Gasteiger partial charge on any atom is 0.262 e. The van der Waals surface area contributed by atoms with Gasteiger partial charge in [0.05, 0.1) is 5.69 Å². The van der Waals surface area contributed by atoms with Gasteiger partial charge in [-0.2, -0.15) is 0 Å². The molecule has 0 atom stereocenters. The number of carbonyl (C=O) groups is 2. The van der Waals surface area contributed by atoms with E-state index in [0.29, 0.717) is 28.8 Å². The van der Waals surface area contributed by atoms with Crippen LogP contribution in [-0.4, -0.2) is 25.0 Å². The molecule has 2 heterocycles. The average molecular weight is 383 g/mol. The van der Waals surface area contributed by atoms with Crippen molar-refractivity contribution in [2.45, 2.75) is 0 Å². The van der Waals surface area contributed by atoms with Crippen LogP contribution in [0, 0.1) is 0 Å². The average Bonchev–Trinajstić information content (AvgIpc) is 2.65. The van der Waals surface area contributed by atoms with Gasteiger partial charge >= 0.3 is 0 Å². The van der Waals surface area contributed by atoms with Crippen LogP contribution < -0.4 is 20.1 Å². The zero-order valence-corrected chi connectivity index (χ0v) is 14.9. The topological polar surface area (TPSA) is 76.7 Å². The largest absolute Gasteiger partial charge is 0.488 e. The van der Waals surface area contributed by atoms with E-state index >= 15 is 0 Å². The lowest BCUT2D eigenvalue weighted by molar-refractivity contribution is -0.118. The Morgan fingerprint density at radius 1 is 1.11 bits per heavy atom. The Balaban J connectivity index is 1.44. The molecule has 2 N–H and O–H groups in total. The third kappa shape index (κ3) is 3.96. The van der Waals surface area contributed by atoms with E-state index < -0.39 is 0 Å². The van der Waals surface area contributed by atoms with Crippen molar-refractivity contribution in [1.29, 1.82) is 0 Å². The minimum Gasteiger partial charge on any atom is -0.488 e. The number of halogens is 1. The first-order chi connectivity index (χ1) is 13.1. The molecule has 27 heavy (non-hydrogen) atoms. The number of hydrogen-bond donors (Lipinski definition) is 2. The molecule has 136 valence electrons. The second-order valence-electron chi connectivity index (χ2n) is 6.06. The third-order valence-corrected chi connectivity index (χ3v) is 4.27. The normalized spacial score (nSPS) is 15.0. The highest BCUT2D eigenvalue weighted by molar-refractivity contribution is 6.30. The van der Waals surface area contributed by atoms with Crippen LogP contribution in [-0.2, 0) is 9.59 Å². The maximum atomic E-state index is 12.2. The van der Waals surface area contributed by atoms with E-state index in [1.165, 1.54) is 6.08 Å². The first-order valence-corrected chi connectivity index (χ1v) is 8.63. The van der Waals surface area contributed by atoms with Crippen molar-refractivity contribution >= 4 is 40.9 Å². The molecule has 0 bridgehead atoms. The Bertz CT molecular complexity index is 997. The van der Waals surface area contributed by atoms with Crippen molar-refractivity contribution in [3.05, 3.63) is 64.7 Å². The lowest BCUT2D eigenvalue weighted by Gasteiger charge is -2.18. The summed E-state index contributed by atoms with van der Waals surface area (Å²) in [5.41, 5.74) is 2.82. The summed E-state index contributed by atoms with van der Waals surface area (Å²) in [6.07, 6.45) is 5.06. The molecular weight excluding hydrogens is 368 g/mol. The lowest BCUT2D eigenvalue weighted by atomic mass is 10.1. The van der Waals surface area contributed by atoms with Crippen LogP contribution >= 0.6 is 11.6 Å². The van der Waals surface area contributed by atoms with Crippen molar-refractivity contribution < 1.29 is 19.1 Å². The molecule has 0 saturated heterocycles. The van der Waals surface area contributed by atoms with Gasteiger partial charge in [0.2, 0.25) is 5.91 Å². The highest BCUT2D eigenvalue weighted by atomic mass is 35.5. The van der Waals surface area contributed by atoms with Crippen molar-refractivity contribution in [3.8, 4) is 11.5 Å². The fourth-order valence-electron chi connectivity index (χ4n) is 2.79. The van der Waals surface area contributed by atoms with E-state index in [9.17, 15) is 9.59 Å². The summed E-state index contributed by atoms with van der Waals surface area (Å²) in [5, 5.41) is 6.08. The molecule has 0 unspecified atom stereocenters. The van der Waals surface area contributed by atoms with Crippen LogP contribution in [0.3, 0.4) is 0 Å². The standard InChI is InChI=1S/C20H15ClN2O4/c21-14-2-4-17-13(8-14)7-12(10-26-17)1-6-19(24)22-15-3-5-18-16(9-15)23-20(25)11-27-18/h1-9H,10-11H2,(H,22,24)(H,23,25)/b6-1+. The molecule has 0 aliphatic carbocycles. The van der Waals surface area contributed by atoms with E-state index in [-0.39, 0.29) is 18.4 Å². The zero-order valence-electron chi connectivity index (χ0n) is 14.1. The Hall–Kier alpha value is -3.25. The fraction of sp³-hybridized carbons (Fsp3) is 0.100. The van der Waals surface area contributed by atoms with Gasteiger partial charge in [0.1, 0.15) is 18.1 Å². The number of benzene rings is 2. The second-order valence-corrected chi connectivity index (χ2v) is 6.50. The maximum absolute atomic E-state index is 12.2. The first kappa shape index (κ1) is 17.2. The summed E-state index contributed by atoms with van der Waals surface area (Å²) in [4.78, 5) is 23.6. The minimum atomic E-state index is -0.296. The van der Waals surface area contributed by atoms with E-state index in [1.54, 1.807) is 30.3 Å². The van der Waals surface area contributed by atoms with E-state index in [4.69, 9.17) is 21.1 Å².